The molecule has 1 aliphatic rings. The highest BCUT2D eigenvalue weighted by atomic mass is 35.5. The standard InChI is InChI=1S/C28H31ClF3N5O2/c29-25-11-10-23(19-24(25)28(30,31)32)35-27(39)37-16-4-15-36(17-18-37)14-3-1-2-13-34-26(38)12-9-21-5-7-22(20-33)8-6-21/h5-12,19H,1-4,13-18H2,(H,34,38)(H,35,39)/b12-9+. The van der Waals surface area contributed by atoms with Crippen molar-refractivity contribution in [3.05, 3.63) is 70.3 Å². The first-order valence-electron chi connectivity index (χ1n) is 12.8. The van der Waals surface area contributed by atoms with Gasteiger partial charge in [0.1, 0.15) is 0 Å². The summed E-state index contributed by atoms with van der Waals surface area (Å²) in [6.07, 6.45) is 2.09. The molecular weight excluding hydrogens is 531 g/mol. The van der Waals surface area contributed by atoms with Crippen LogP contribution >= 0.6 is 11.6 Å². The summed E-state index contributed by atoms with van der Waals surface area (Å²) in [4.78, 5) is 28.5. The van der Waals surface area contributed by atoms with Gasteiger partial charge in [-0.05, 0) is 74.3 Å². The maximum atomic E-state index is 13.1. The largest absolute Gasteiger partial charge is 0.417 e. The minimum absolute atomic E-state index is 0.0506. The lowest BCUT2D eigenvalue weighted by atomic mass is 10.1. The second-order valence-corrected chi connectivity index (χ2v) is 9.63. The summed E-state index contributed by atoms with van der Waals surface area (Å²) >= 11 is 5.65. The number of nitrogens with zero attached hydrogens (tertiary/aromatic N) is 3. The van der Waals surface area contributed by atoms with E-state index in [1.54, 1.807) is 35.2 Å². The molecule has 2 N–H and O–H groups in total. The van der Waals surface area contributed by atoms with Crippen molar-refractivity contribution in [2.45, 2.75) is 31.9 Å². The normalized spacial score (nSPS) is 14.6. The van der Waals surface area contributed by atoms with E-state index in [4.69, 9.17) is 16.9 Å². The van der Waals surface area contributed by atoms with Crippen LogP contribution in [0.15, 0.2) is 48.5 Å². The molecule has 1 saturated heterocycles. The fraction of sp³-hybridized carbons (Fsp3) is 0.393. The van der Waals surface area contributed by atoms with Gasteiger partial charge in [0.2, 0.25) is 5.91 Å². The van der Waals surface area contributed by atoms with Gasteiger partial charge in [-0.15, -0.1) is 0 Å². The quantitative estimate of drug-likeness (QED) is 0.300. The molecule has 7 nitrogen and oxygen atoms in total. The Morgan fingerprint density at radius 1 is 1.03 bits per heavy atom. The van der Waals surface area contributed by atoms with Gasteiger partial charge in [0.05, 0.1) is 22.2 Å². The number of unbranched alkanes of at least 4 members (excludes halogenated alkanes) is 2. The van der Waals surface area contributed by atoms with Crippen LogP contribution in [0.3, 0.4) is 0 Å². The van der Waals surface area contributed by atoms with Crippen molar-refractivity contribution >= 4 is 35.3 Å². The first-order valence-corrected chi connectivity index (χ1v) is 13.1. The van der Waals surface area contributed by atoms with Gasteiger partial charge in [-0.1, -0.05) is 30.2 Å². The van der Waals surface area contributed by atoms with E-state index in [0.29, 0.717) is 31.7 Å². The van der Waals surface area contributed by atoms with Crippen molar-refractivity contribution in [3.8, 4) is 6.07 Å². The van der Waals surface area contributed by atoms with E-state index in [1.165, 1.54) is 12.1 Å². The predicted molar refractivity (Wildman–Crippen MR) is 145 cm³/mol. The van der Waals surface area contributed by atoms with Crippen molar-refractivity contribution in [1.82, 2.24) is 15.1 Å². The number of nitrogens with one attached hydrogen (secondary N) is 2. The highest BCUT2D eigenvalue weighted by molar-refractivity contribution is 6.31. The molecule has 1 aliphatic heterocycles. The molecular formula is C28H31ClF3N5O2. The molecule has 1 heterocycles. The summed E-state index contributed by atoms with van der Waals surface area (Å²) in [6.45, 7) is 3.95. The summed E-state index contributed by atoms with van der Waals surface area (Å²) in [6, 6.07) is 11.9. The molecule has 0 aliphatic carbocycles. The van der Waals surface area contributed by atoms with Gasteiger partial charge >= 0.3 is 12.2 Å². The fourth-order valence-electron chi connectivity index (χ4n) is 4.17. The Balaban J connectivity index is 1.32. The highest BCUT2D eigenvalue weighted by Crippen LogP contribution is 2.36. The molecule has 2 aromatic rings. The van der Waals surface area contributed by atoms with E-state index in [-0.39, 0.29) is 11.6 Å². The van der Waals surface area contributed by atoms with Crippen LogP contribution < -0.4 is 10.6 Å². The van der Waals surface area contributed by atoms with Crippen LogP contribution in [0.4, 0.5) is 23.7 Å². The van der Waals surface area contributed by atoms with E-state index >= 15 is 0 Å². The highest BCUT2D eigenvalue weighted by Gasteiger charge is 2.33. The Bertz CT molecular complexity index is 1200. The Morgan fingerprint density at radius 3 is 2.51 bits per heavy atom. The van der Waals surface area contributed by atoms with Gasteiger partial charge in [-0.3, -0.25) is 4.79 Å². The third kappa shape index (κ3) is 9.93. The minimum Gasteiger partial charge on any atom is -0.353 e. The van der Waals surface area contributed by atoms with Crippen molar-refractivity contribution in [2.75, 3.05) is 44.6 Å². The van der Waals surface area contributed by atoms with E-state index < -0.39 is 22.8 Å². The van der Waals surface area contributed by atoms with Crippen molar-refractivity contribution in [2.24, 2.45) is 0 Å². The number of urea groups is 1. The fourth-order valence-corrected chi connectivity index (χ4v) is 4.39. The SMILES string of the molecule is N#Cc1ccc(/C=C/C(=O)NCCCCCN2CCCN(C(=O)Nc3ccc(Cl)c(C(F)(F)F)c3)CC2)cc1. The van der Waals surface area contributed by atoms with E-state index in [2.05, 4.69) is 21.6 Å². The van der Waals surface area contributed by atoms with Gasteiger partial charge < -0.3 is 20.4 Å². The molecule has 3 rings (SSSR count). The summed E-state index contributed by atoms with van der Waals surface area (Å²) < 4.78 is 39.3. The molecule has 0 unspecified atom stereocenters. The number of amides is 3. The molecule has 0 saturated carbocycles. The van der Waals surface area contributed by atoms with Crippen LogP contribution in [0.25, 0.3) is 6.08 Å². The smallest absolute Gasteiger partial charge is 0.353 e. The molecule has 2 aromatic carbocycles. The van der Waals surface area contributed by atoms with Crippen molar-refractivity contribution in [3.63, 3.8) is 0 Å². The average molecular weight is 562 g/mol. The number of nitriles is 1. The Hall–Kier alpha value is -3.55. The Morgan fingerprint density at radius 2 is 1.79 bits per heavy atom. The zero-order valence-corrected chi connectivity index (χ0v) is 22.2. The van der Waals surface area contributed by atoms with E-state index in [1.807, 2.05) is 0 Å². The van der Waals surface area contributed by atoms with Gasteiger partial charge in [-0.25, -0.2) is 4.79 Å². The number of carbonyl (C=O) groups is 2. The number of anilines is 1. The van der Waals surface area contributed by atoms with Crippen LogP contribution in [-0.4, -0.2) is 61.0 Å². The first-order chi connectivity index (χ1) is 18.7. The minimum atomic E-state index is -4.60. The average Bonchev–Trinajstić information content (AvgIpc) is 3.16. The summed E-state index contributed by atoms with van der Waals surface area (Å²) in [5.41, 5.74) is 0.482. The second kappa shape index (κ2) is 14.6. The third-order valence-corrected chi connectivity index (χ3v) is 6.65. The number of alkyl halides is 3. The molecule has 39 heavy (non-hydrogen) atoms. The Labute approximate surface area is 231 Å². The maximum absolute atomic E-state index is 13.1. The third-order valence-electron chi connectivity index (χ3n) is 6.32. The van der Waals surface area contributed by atoms with Gasteiger partial charge in [0.15, 0.2) is 0 Å². The lowest BCUT2D eigenvalue weighted by molar-refractivity contribution is -0.137. The number of hydrogen-bond donors (Lipinski definition) is 2. The van der Waals surface area contributed by atoms with E-state index in [9.17, 15) is 22.8 Å². The number of hydrogen-bond acceptors (Lipinski definition) is 4. The molecule has 208 valence electrons. The van der Waals surface area contributed by atoms with Crippen LogP contribution in [0.5, 0.6) is 0 Å². The topological polar surface area (TPSA) is 88.5 Å². The summed E-state index contributed by atoms with van der Waals surface area (Å²) in [5.74, 6) is -0.168. The number of rotatable bonds is 9. The van der Waals surface area contributed by atoms with Crippen LogP contribution in [0, 0.1) is 11.3 Å². The van der Waals surface area contributed by atoms with Gasteiger partial charge in [-0.2, -0.15) is 18.4 Å². The molecule has 11 heteroatoms. The molecule has 1 fully saturated rings. The summed E-state index contributed by atoms with van der Waals surface area (Å²) in [5, 5.41) is 13.8. The number of carbonyl (C=O) groups excluding carboxylic acids is 2. The number of halogens is 4. The second-order valence-electron chi connectivity index (χ2n) is 9.22. The molecule has 0 radical (unpaired) electrons. The van der Waals surface area contributed by atoms with Crippen LogP contribution in [0.1, 0.15) is 42.4 Å². The molecule has 3 amide bonds. The number of benzene rings is 2. The lowest BCUT2D eigenvalue weighted by Crippen LogP contribution is -2.38. The maximum Gasteiger partial charge on any atom is 0.417 e. The van der Waals surface area contributed by atoms with Crippen LogP contribution in [-0.2, 0) is 11.0 Å². The summed E-state index contributed by atoms with van der Waals surface area (Å²) in [7, 11) is 0. The van der Waals surface area contributed by atoms with E-state index in [0.717, 1.165) is 56.5 Å². The molecule has 0 spiro atoms. The predicted octanol–water partition coefficient (Wildman–Crippen LogP) is 5.77. The zero-order valence-electron chi connectivity index (χ0n) is 21.4. The lowest BCUT2D eigenvalue weighted by Gasteiger charge is -2.22. The Kier molecular flexibility index (Phi) is 11.2. The molecule has 0 bridgehead atoms. The zero-order chi connectivity index (χ0) is 28.3. The monoisotopic (exact) mass is 561 g/mol. The van der Waals surface area contributed by atoms with Crippen molar-refractivity contribution in [1.29, 1.82) is 5.26 Å². The van der Waals surface area contributed by atoms with Gasteiger partial charge in [0, 0.05) is 37.9 Å². The van der Waals surface area contributed by atoms with Crippen LogP contribution in [0.2, 0.25) is 5.02 Å². The molecule has 0 aromatic heterocycles. The first kappa shape index (κ1) is 30.0. The van der Waals surface area contributed by atoms with Gasteiger partial charge in [0.25, 0.3) is 0 Å². The van der Waals surface area contributed by atoms with Crippen molar-refractivity contribution < 1.29 is 22.8 Å². The molecule has 0 atom stereocenters.